The molecule has 0 atom stereocenters. The minimum atomic E-state index is -0.206. The first kappa shape index (κ1) is 21.5. The van der Waals surface area contributed by atoms with Gasteiger partial charge in [-0.05, 0) is 48.9 Å². The molecule has 1 aromatic heterocycles. The maximum atomic E-state index is 13.7. The van der Waals surface area contributed by atoms with Crippen LogP contribution in [0.15, 0.2) is 72.8 Å². The van der Waals surface area contributed by atoms with Gasteiger partial charge in [-0.2, -0.15) is 0 Å². The molecule has 0 saturated carbocycles. The van der Waals surface area contributed by atoms with E-state index >= 15 is 0 Å². The third-order valence-corrected chi connectivity index (χ3v) is 5.85. The molecule has 32 heavy (non-hydrogen) atoms. The average molecular weight is 446 g/mol. The van der Waals surface area contributed by atoms with Crippen LogP contribution in [0.2, 0.25) is 0 Å². The minimum absolute atomic E-state index is 0.0975. The molecule has 0 radical (unpaired) electrons. The van der Waals surface area contributed by atoms with E-state index in [1.807, 2.05) is 67.6 Å². The molecule has 0 aliphatic heterocycles. The Labute approximate surface area is 190 Å². The fourth-order valence-electron chi connectivity index (χ4n) is 3.30. The zero-order valence-electron chi connectivity index (χ0n) is 17.9. The molecule has 0 unspecified atom stereocenters. The smallest absolute Gasteiger partial charge is 0.264 e. The Morgan fingerprint density at radius 1 is 1.00 bits per heavy atom. The maximum Gasteiger partial charge on any atom is 0.264 e. The van der Waals surface area contributed by atoms with Crippen molar-refractivity contribution in [2.75, 3.05) is 11.5 Å². The highest BCUT2D eigenvalue weighted by Crippen LogP contribution is 2.39. The summed E-state index contributed by atoms with van der Waals surface area (Å²) in [6.45, 7) is 4.29. The number of nitrogens with zero attached hydrogens (tertiary/aromatic N) is 2. The summed E-state index contributed by atoms with van der Waals surface area (Å²) in [5.74, 6) is 0.312. The van der Waals surface area contributed by atoms with Gasteiger partial charge in [0.1, 0.15) is 5.75 Å². The predicted octanol–water partition coefficient (Wildman–Crippen LogP) is 5.31. The number of carbonyl (C=O) groups is 2. The van der Waals surface area contributed by atoms with Crippen LogP contribution in [0.3, 0.4) is 0 Å². The molecule has 7 heteroatoms. The lowest BCUT2D eigenvalue weighted by Crippen LogP contribution is -2.26. The number of hydrogen-bond acceptors (Lipinski definition) is 5. The zero-order valence-corrected chi connectivity index (χ0v) is 18.7. The van der Waals surface area contributed by atoms with Crippen molar-refractivity contribution in [3.8, 4) is 5.75 Å². The number of ether oxygens (including phenoxy) is 1. The highest BCUT2D eigenvalue weighted by atomic mass is 32.1. The van der Waals surface area contributed by atoms with Crippen LogP contribution in [0, 0.1) is 0 Å². The van der Waals surface area contributed by atoms with Gasteiger partial charge in [-0.25, -0.2) is 9.88 Å². The van der Waals surface area contributed by atoms with Crippen LogP contribution in [0.25, 0.3) is 10.2 Å². The molecule has 0 saturated heterocycles. The summed E-state index contributed by atoms with van der Waals surface area (Å²) in [6, 6.07) is 22.5. The van der Waals surface area contributed by atoms with Crippen LogP contribution in [0.5, 0.6) is 5.75 Å². The summed E-state index contributed by atoms with van der Waals surface area (Å²) in [7, 11) is 0. The molecule has 3 aromatic carbocycles. The third kappa shape index (κ3) is 4.63. The molecule has 0 fully saturated rings. The number of para-hydroxylation sites is 3. The molecule has 0 aliphatic rings. The monoisotopic (exact) mass is 445 g/mol. The first-order valence-electron chi connectivity index (χ1n) is 10.3. The Morgan fingerprint density at radius 3 is 2.44 bits per heavy atom. The third-order valence-electron chi connectivity index (χ3n) is 4.83. The number of thiazole rings is 1. The van der Waals surface area contributed by atoms with Gasteiger partial charge >= 0.3 is 0 Å². The molecule has 0 bridgehead atoms. The standard InChI is InChI=1S/C25H23N3O3S/c1-3-31-22-10-6-5-9-21(22)28(25-27-20-8-4-7-11-23(20)32-25)24(30)19-14-12-18(13-15-19)16-26-17(2)29/h4-15H,3,16H2,1-2H3,(H,26,29). The van der Waals surface area contributed by atoms with Crippen molar-refractivity contribution in [3.05, 3.63) is 83.9 Å². The SMILES string of the molecule is CCOc1ccccc1N(C(=O)c1ccc(CNC(C)=O)cc1)c1nc2ccccc2s1. The van der Waals surface area contributed by atoms with E-state index in [2.05, 4.69) is 5.32 Å². The van der Waals surface area contributed by atoms with Gasteiger partial charge in [0.05, 0.1) is 22.5 Å². The quantitative estimate of drug-likeness (QED) is 0.418. The molecule has 162 valence electrons. The largest absolute Gasteiger partial charge is 0.492 e. The molecule has 4 aromatic rings. The predicted molar refractivity (Wildman–Crippen MR) is 128 cm³/mol. The zero-order chi connectivity index (χ0) is 22.5. The molecule has 1 N–H and O–H groups in total. The number of amides is 2. The fourth-order valence-corrected chi connectivity index (χ4v) is 4.27. The highest BCUT2D eigenvalue weighted by molar-refractivity contribution is 7.22. The van der Waals surface area contributed by atoms with Gasteiger partial charge in [0.2, 0.25) is 5.91 Å². The lowest BCUT2D eigenvalue weighted by atomic mass is 10.1. The van der Waals surface area contributed by atoms with Crippen LogP contribution in [0.4, 0.5) is 10.8 Å². The first-order valence-corrected chi connectivity index (χ1v) is 11.1. The Bertz CT molecular complexity index is 1220. The number of rotatable bonds is 7. The number of hydrogen-bond donors (Lipinski definition) is 1. The summed E-state index contributed by atoms with van der Waals surface area (Å²) in [6.07, 6.45) is 0. The second kappa shape index (κ2) is 9.62. The number of aromatic nitrogens is 1. The van der Waals surface area contributed by atoms with Crippen molar-refractivity contribution >= 4 is 44.2 Å². The normalized spacial score (nSPS) is 10.7. The number of fused-ring (bicyclic) bond motifs is 1. The van der Waals surface area contributed by atoms with E-state index in [1.54, 1.807) is 17.0 Å². The molecular weight excluding hydrogens is 422 g/mol. The Kier molecular flexibility index (Phi) is 6.47. The number of nitrogens with one attached hydrogen (secondary N) is 1. The Morgan fingerprint density at radius 2 is 1.72 bits per heavy atom. The van der Waals surface area contributed by atoms with Crippen molar-refractivity contribution in [1.82, 2.24) is 10.3 Å². The minimum Gasteiger partial charge on any atom is -0.492 e. The summed E-state index contributed by atoms with van der Waals surface area (Å²) in [5.41, 5.74) is 2.91. The fraction of sp³-hybridized carbons (Fsp3) is 0.160. The van der Waals surface area contributed by atoms with Gasteiger partial charge in [-0.1, -0.05) is 47.7 Å². The van der Waals surface area contributed by atoms with Crippen LogP contribution in [-0.4, -0.2) is 23.4 Å². The highest BCUT2D eigenvalue weighted by Gasteiger charge is 2.26. The van der Waals surface area contributed by atoms with Gasteiger partial charge in [-0.15, -0.1) is 0 Å². The maximum absolute atomic E-state index is 13.7. The van der Waals surface area contributed by atoms with Gasteiger partial charge < -0.3 is 10.1 Å². The molecule has 2 amide bonds. The molecular formula is C25H23N3O3S. The number of carbonyl (C=O) groups excluding carboxylic acids is 2. The molecule has 4 rings (SSSR count). The van der Waals surface area contributed by atoms with Gasteiger partial charge in [0.15, 0.2) is 5.13 Å². The molecule has 1 heterocycles. The van der Waals surface area contributed by atoms with E-state index in [0.29, 0.717) is 35.3 Å². The summed E-state index contributed by atoms with van der Waals surface area (Å²) in [5, 5.41) is 3.34. The summed E-state index contributed by atoms with van der Waals surface area (Å²) >= 11 is 1.46. The van der Waals surface area contributed by atoms with E-state index in [1.165, 1.54) is 18.3 Å². The van der Waals surface area contributed by atoms with E-state index < -0.39 is 0 Å². The van der Waals surface area contributed by atoms with Crippen LogP contribution < -0.4 is 15.0 Å². The van der Waals surface area contributed by atoms with Crippen molar-refractivity contribution < 1.29 is 14.3 Å². The van der Waals surface area contributed by atoms with Gasteiger partial charge in [0, 0.05) is 19.0 Å². The van der Waals surface area contributed by atoms with E-state index in [9.17, 15) is 9.59 Å². The summed E-state index contributed by atoms with van der Waals surface area (Å²) < 4.78 is 6.82. The van der Waals surface area contributed by atoms with Crippen molar-refractivity contribution in [3.63, 3.8) is 0 Å². The number of anilines is 2. The van der Waals surface area contributed by atoms with E-state index in [0.717, 1.165) is 15.8 Å². The van der Waals surface area contributed by atoms with Crippen LogP contribution in [0.1, 0.15) is 29.8 Å². The average Bonchev–Trinajstić information content (AvgIpc) is 3.23. The topological polar surface area (TPSA) is 71.5 Å². The number of benzene rings is 3. The van der Waals surface area contributed by atoms with Crippen LogP contribution in [-0.2, 0) is 11.3 Å². The second-order valence-corrected chi connectivity index (χ2v) is 8.12. The van der Waals surface area contributed by atoms with Crippen molar-refractivity contribution in [2.24, 2.45) is 0 Å². The molecule has 0 spiro atoms. The van der Waals surface area contributed by atoms with E-state index in [-0.39, 0.29) is 11.8 Å². The van der Waals surface area contributed by atoms with Crippen LogP contribution >= 0.6 is 11.3 Å². The van der Waals surface area contributed by atoms with Crippen molar-refractivity contribution in [1.29, 1.82) is 0 Å². The molecule has 0 aliphatic carbocycles. The summed E-state index contributed by atoms with van der Waals surface area (Å²) in [4.78, 5) is 31.2. The van der Waals surface area contributed by atoms with Crippen molar-refractivity contribution in [2.45, 2.75) is 20.4 Å². The van der Waals surface area contributed by atoms with Gasteiger partial charge in [-0.3, -0.25) is 9.59 Å². The first-order chi connectivity index (χ1) is 15.6. The lowest BCUT2D eigenvalue weighted by molar-refractivity contribution is -0.119. The lowest BCUT2D eigenvalue weighted by Gasteiger charge is -2.22. The second-order valence-electron chi connectivity index (χ2n) is 7.11. The van der Waals surface area contributed by atoms with Gasteiger partial charge in [0.25, 0.3) is 5.91 Å². The Balaban J connectivity index is 1.75. The molecule has 6 nitrogen and oxygen atoms in total. The van der Waals surface area contributed by atoms with E-state index in [4.69, 9.17) is 9.72 Å². The Hall–Kier alpha value is -3.71.